The van der Waals surface area contributed by atoms with Gasteiger partial charge in [0.25, 0.3) is 0 Å². The van der Waals surface area contributed by atoms with Gasteiger partial charge in [0.2, 0.25) is 0 Å². The van der Waals surface area contributed by atoms with E-state index in [1.807, 2.05) is 0 Å². The number of halogens is 7. The van der Waals surface area contributed by atoms with Gasteiger partial charge in [-0.25, -0.2) is 0 Å². The van der Waals surface area contributed by atoms with Crippen molar-refractivity contribution in [2.75, 3.05) is 0 Å². The molecular weight excluding hydrogens is 444 g/mol. The summed E-state index contributed by atoms with van der Waals surface area (Å²) in [6, 6.07) is 8.59. The van der Waals surface area contributed by atoms with Crippen molar-refractivity contribution < 1.29 is 52.5 Å². The van der Waals surface area contributed by atoms with Gasteiger partial charge in [-0.2, -0.15) is 0 Å². The molecule has 0 saturated heterocycles. The van der Waals surface area contributed by atoms with Gasteiger partial charge in [-0.15, -0.1) is 0 Å². The monoisotopic (exact) mass is 458 g/mol. The van der Waals surface area contributed by atoms with Crippen molar-refractivity contribution in [3.05, 3.63) is 60.2 Å². The molecule has 0 bridgehead atoms. The first kappa shape index (κ1) is 19.1. The molecule has 0 unspecified atom stereocenters. The molecule has 2 aromatic heterocycles. The molecule has 0 fully saturated rings. The van der Waals surface area contributed by atoms with Gasteiger partial charge in [-0.3, -0.25) is 0 Å². The van der Waals surface area contributed by atoms with Crippen LogP contribution >= 0.6 is 7.81 Å². The van der Waals surface area contributed by atoms with Gasteiger partial charge in [0.15, 0.2) is 0 Å². The van der Waals surface area contributed by atoms with E-state index in [9.17, 15) is 25.2 Å². The second-order valence-corrected chi connectivity index (χ2v) is 9.05. The second kappa shape index (κ2) is 5.92. The van der Waals surface area contributed by atoms with E-state index in [2.05, 4.69) is 68.5 Å². The van der Waals surface area contributed by atoms with Crippen LogP contribution in [0.1, 0.15) is 11.1 Å². The summed E-state index contributed by atoms with van der Waals surface area (Å²) >= 11 is -0.164. The minimum absolute atomic E-state index is 0.164. The first-order valence-corrected chi connectivity index (χ1v) is 9.83. The Morgan fingerprint density at radius 1 is 0.682 bits per heavy atom. The van der Waals surface area contributed by atoms with E-state index in [0.29, 0.717) is 0 Å². The predicted molar refractivity (Wildman–Crippen MR) is 67.1 cm³/mol. The van der Waals surface area contributed by atoms with E-state index in [1.54, 1.807) is 0 Å². The van der Waals surface area contributed by atoms with E-state index in [-0.39, 0.29) is 21.8 Å². The van der Waals surface area contributed by atoms with E-state index in [0.717, 1.165) is 0 Å². The molecular formula is C12H14F6IN2P. The van der Waals surface area contributed by atoms with Gasteiger partial charge in [0.05, 0.1) is 0 Å². The van der Waals surface area contributed by atoms with Crippen molar-refractivity contribution in [3.8, 4) is 0 Å². The van der Waals surface area contributed by atoms with Crippen LogP contribution in [0.25, 0.3) is 0 Å². The molecule has 0 aliphatic heterocycles. The third-order valence-electron chi connectivity index (χ3n) is 2.09. The van der Waals surface area contributed by atoms with Crippen LogP contribution in [0.3, 0.4) is 0 Å². The Balaban J connectivity index is 0.000000295. The summed E-state index contributed by atoms with van der Waals surface area (Å²) in [6.07, 6.45) is 8.59. The molecule has 22 heavy (non-hydrogen) atoms. The number of aromatic nitrogens is 2. The predicted octanol–water partition coefficient (Wildman–Crippen LogP) is 1.58. The molecule has 0 radical (unpaired) electrons. The maximum atomic E-state index is 9.87. The topological polar surface area (TPSA) is 7.76 Å². The van der Waals surface area contributed by atoms with Crippen LogP contribution in [-0.4, -0.2) is 0 Å². The summed E-state index contributed by atoms with van der Waals surface area (Å²) in [4.78, 5) is 0. The zero-order valence-electron chi connectivity index (χ0n) is 11.6. The van der Waals surface area contributed by atoms with Crippen molar-refractivity contribution in [2.45, 2.75) is 13.8 Å². The summed E-state index contributed by atoms with van der Waals surface area (Å²) in [5, 5.41) is 0. The minimum atomic E-state index is -10.7. The number of aryl methyl sites for hydroxylation is 2. The van der Waals surface area contributed by atoms with Crippen molar-refractivity contribution in [1.29, 1.82) is 0 Å². The normalized spacial score (nSPS) is 14.5. The number of hydrogen-bond donors (Lipinski definition) is 0. The molecule has 0 saturated carbocycles. The number of rotatable bonds is 2. The third-order valence-corrected chi connectivity index (χ3v) is 4.38. The number of pyridine rings is 2. The molecule has 0 spiro atoms. The first-order valence-electron chi connectivity index (χ1n) is 5.87. The Hall–Kier alpha value is -0.960. The van der Waals surface area contributed by atoms with Crippen LogP contribution in [0, 0.1) is 13.8 Å². The molecule has 0 amide bonds. The molecule has 0 atom stereocenters. The van der Waals surface area contributed by atoms with E-state index >= 15 is 0 Å². The molecule has 10 heteroatoms. The van der Waals surface area contributed by atoms with Gasteiger partial charge in [-0.1, -0.05) is 0 Å². The third kappa shape index (κ3) is 11.7. The molecule has 0 N–H and O–H groups in total. The van der Waals surface area contributed by atoms with Crippen molar-refractivity contribution in [3.63, 3.8) is 0 Å². The van der Waals surface area contributed by atoms with Crippen molar-refractivity contribution in [2.24, 2.45) is 0 Å². The van der Waals surface area contributed by atoms with Crippen LogP contribution in [0.15, 0.2) is 49.1 Å². The van der Waals surface area contributed by atoms with Gasteiger partial charge in [0.1, 0.15) is 0 Å². The van der Waals surface area contributed by atoms with Crippen LogP contribution in [-0.2, 0) is 0 Å². The number of nitrogens with zero attached hydrogens (tertiary/aromatic N) is 2. The Bertz CT molecular complexity index is 570. The molecule has 2 heterocycles. The van der Waals surface area contributed by atoms with Crippen LogP contribution in [0.4, 0.5) is 25.2 Å². The van der Waals surface area contributed by atoms with E-state index < -0.39 is 7.81 Å². The summed E-state index contributed by atoms with van der Waals surface area (Å²) in [5.41, 5.74) is 2.62. The Kier molecular flexibility index (Phi) is 5.13. The van der Waals surface area contributed by atoms with Gasteiger partial charge in [-0.05, 0) is 0 Å². The second-order valence-electron chi connectivity index (χ2n) is 4.47. The number of hydrogen-bond acceptors (Lipinski definition) is 0. The van der Waals surface area contributed by atoms with Gasteiger partial charge < -0.3 is 0 Å². The summed E-state index contributed by atoms with van der Waals surface area (Å²) in [6.45, 7) is 4.23. The van der Waals surface area contributed by atoms with Crippen molar-refractivity contribution in [1.82, 2.24) is 0 Å². The average molecular weight is 458 g/mol. The zero-order valence-corrected chi connectivity index (χ0v) is 14.7. The molecule has 2 nitrogen and oxygen atoms in total. The molecule has 126 valence electrons. The summed E-state index contributed by atoms with van der Waals surface area (Å²) < 4.78 is 63.7. The summed E-state index contributed by atoms with van der Waals surface area (Å²) in [5.74, 6) is 0. The SMILES string of the molecule is Cc1cc[n+]([I-][n+]2ccc(C)cc2)cc1.F[P-](F)(F)(F)(F)F. The first-order chi connectivity index (χ1) is 9.69. The molecule has 2 aromatic rings. The van der Waals surface area contributed by atoms with Gasteiger partial charge in [0, 0.05) is 0 Å². The van der Waals surface area contributed by atoms with Crippen LogP contribution < -0.4 is 27.3 Å². The molecule has 2 rings (SSSR count). The Morgan fingerprint density at radius 3 is 1.14 bits per heavy atom. The quantitative estimate of drug-likeness (QED) is 0.367. The molecule has 0 aliphatic carbocycles. The molecule has 0 aromatic carbocycles. The molecule has 0 aliphatic rings. The Morgan fingerprint density at radius 2 is 0.909 bits per heavy atom. The average Bonchev–Trinajstić information content (AvgIpc) is 2.31. The zero-order chi connectivity index (χ0) is 17.1. The van der Waals surface area contributed by atoms with Crippen LogP contribution in [0.5, 0.6) is 0 Å². The fraction of sp³-hybridized carbons (Fsp3) is 0.167. The standard InChI is InChI=1S/C12H14IN2.F6P/c1-11-3-7-14(8-4-11)13-15-9-5-12(2)6-10-15;1-7(2,3,4,5)6/h3-10H,1-2H3;/q+1;-1. The summed E-state index contributed by atoms with van der Waals surface area (Å²) in [7, 11) is -10.7. The Labute approximate surface area is 134 Å². The van der Waals surface area contributed by atoms with Crippen LogP contribution in [0.2, 0.25) is 0 Å². The maximum absolute atomic E-state index is 10.7. The van der Waals surface area contributed by atoms with Gasteiger partial charge >= 0.3 is 134 Å². The fourth-order valence-corrected chi connectivity index (χ4v) is 2.96. The van der Waals surface area contributed by atoms with E-state index in [4.69, 9.17) is 0 Å². The van der Waals surface area contributed by atoms with Crippen molar-refractivity contribution >= 4 is 7.81 Å². The fourth-order valence-electron chi connectivity index (χ4n) is 1.17. The van der Waals surface area contributed by atoms with E-state index in [1.165, 1.54) is 11.1 Å².